The first-order chi connectivity index (χ1) is 15.2. The summed E-state index contributed by atoms with van der Waals surface area (Å²) < 4.78 is 11.3. The van der Waals surface area contributed by atoms with E-state index in [4.69, 9.17) is 29.9 Å². The van der Waals surface area contributed by atoms with E-state index in [1.54, 1.807) is 0 Å². The number of carboxylic acid groups (broad SMARTS) is 4. The Morgan fingerprint density at radius 1 is 0.625 bits per heavy atom. The van der Waals surface area contributed by atoms with Crippen molar-refractivity contribution in [2.75, 3.05) is 92.1 Å². The number of hydrogen-bond acceptors (Lipinski definition) is 10. The normalized spacial score (nSPS) is 16.8. The number of hydrogen-bond donors (Lipinski definition) is 4. The molecule has 14 nitrogen and oxygen atoms in total. The van der Waals surface area contributed by atoms with Gasteiger partial charge in [-0.05, 0) is 0 Å². The maximum absolute atomic E-state index is 10.9. The molecule has 0 aromatic rings. The minimum atomic E-state index is -1.11. The highest BCUT2D eigenvalue weighted by molar-refractivity contribution is 5.73. The van der Waals surface area contributed by atoms with Crippen molar-refractivity contribution in [2.45, 2.75) is 0 Å². The molecule has 1 saturated heterocycles. The zero-order valence-electron chi connectivity index (χ0n) is 17.9. The van der Waals surface area contributed by atoms with E-state index in [0.29, 0.717) is 39.4 Å². The second-order valence-corrected chi connectivity index (χ2v) is 7.31. The second-order valence-electron chi connectivity index (χ2n) is 7.31. The molecule has 0 bridgehead atoms. The van der Waals surface area contributed by atoms with Gasteiger partial charge in [-0.2, -0.15) is 0 Å². The average Bonchev–Trinajstić information content (AvgIpc) is 2.67. The quantitative estimate of drug-likeness (QED) is 0.212. The third-order valence-corrected chi connectivity index (χ3v) is 4.55. The molecule has 1 aliphatic rings. The molecule has 1 aliphatic heterocycles. The number of carbonyl (C=O) groups is 4. The van der Waals surface area contributed by atoms with Gasteiger partial charge in [0.1, 0.15) is 13.5 Å². The second kappa shape index (κ2) is 15.4. The van der Waals surface area contributed by atoms with Gasteiger partial charge in [0.05, 0.1) is 39.4 Å². The van der Waals surface area contributed by atoms with Crippen LogP contribution in [0, 0.1) is 0 Å². The average molecular weight is 464 g/mol. The number of aliphatic carboxylic acids is 4. The number of carboxylic acids is 4. The minimum absolute atomic E-state index is 0.210. The van der Waals surface area contributed by atoms with Crippen LogP contribution >= 0.6 is 0 Å². The summed E-state index contributed by atoms with van der Waals surface area (Å²) >= 11 is 0. The SMILES string of the molecule is O=C(O)CN(CCN1CCOCCN(CCN(CC(=O)O)CC(=O)O)COC1)CC(=O)O. The fourth-order valence-electron chi connectivity index (χ4n) is 3.03. The van der Waals surface area contributed by atoms with Gasteiger partial charge in [-0.1, -0.05) is 0 Å². The lowest BCUT2D eigenvalue weighted by atomic mass is 10.4. The van der Waals surface area contributed by atoms with Gasteiger partial charge in [-0.15, -0.1) is 0 Å². The number of ether oxygens (including phenoxy) is 2. The molecular weight excluding hydrogens is 432 g/mol. The van der Waals surface area contributed by atoms with Crippen LogP contribution in [0.25, 0.3) is 0 Å². The first kappa shape index (κ1) is 27.7. The van der Waals surface area contributed by atoms with Crippen LogP contribution in [0.2, 0.25) is 0 Å². The van der Waals surface area contributed by atoms with Gasteiger partial charge in [-0.25, -0.2) is 0 Å². The third kappa shape index (κ3) is 13.8. The molecule has 0 spiro atoms. The van der Waals surface area contributed by atoms with Gasteiger partial charge in [0.15, 0.2) is 0 Å². The summed E-state index contributed by atoms with van der Waals surface area (Å²) in [6, 6.07) is 0. The van der Waals surface area contributed by atoms with Crippen molar-refractivity contribution in [3.8, 4) is 0 Å². The zero-order chi connectivity index (χ0) is 23.9. The van der Waals surface area contributed by atoms with E-state index in [0.717, 1.165) is 0 Å². The van der Waals surface area contributed by atoms with Crippen molar-refractivity contribution in [1.29, 1.82) is 0 Å². The fraction of sp³-hybridized carbons (Fsp3) is 0.778. The molecule has 0 aromatic heterocycles. The largest absolute Gasteiger partial charge is 0.480 e. The summed E-state index contributed by atoms with van der Waals surface area (Å²) in [5.74, 6) is -4.44. The molecule has 0 radical (unpaired) electrons. The maximum Gasteiger partial charge on any atom is 0.317 e. The topological polar surface area (TPSA) is 181 Å². The highest BCUT2D eigenvalue weighted by atomic mass is 16.5. The van der Waals surface area contributed by atoms with Crippen molar-refractivity contribution >= 4 is 23.9 Å². The van der Waals surface area contributed by atoms with Gasteiger partial charge < -0.3 is 29.9 Å². The Bertz CT molecular complexity index is 539. The van der Waals surface area contributed by atoms with Gasteiger partial charge in [0.25, 0.3) is 0 Å². The van der Waals surface area contributed by atoms with E-state index in [-0.39, 0.29) is 52.7 Å². The maximum atomic E-state index is 10.9. The Labute approximate surface area is 185 Å². The lowest BCUT2D eigenvalue weighted by Gasteiger charge is -2.30. The van der Waals surface area contributed by atoms with Crippen molar-refractivity contribution in [2.24, 2.45) is 0 Å². The lowest BCUT2D eigenvalue weighted by molar-refractivity contribution is -0.143. The van der Waals surface area contributed by atoms with E-state index < -0.39 is 23.9 Å². The van der Waals surface area contributed by atoms with Gasteiger partial charge >= 0.3 is 23.9 Å². The predicted molar refractivity (Wildman–Crippen MR) is 108 cm³/mol. The molecule has 0 aliphatic carbocycles. The summed E-state index contributed by atoms with van der Waals surface area (Å²) in [5, 5.41) is 35.7. The number of rotatable bonds is 14. The molecule has 0 amide bonds. The van der Waals surface area contributed by atoms with Crippen LogP contribution in [-0.4, -0.2) is 156 Å². The van der Waals surface area contributed by atoms with Crippen LogP contribution in [0.5, 0.6) is 0 Å². The van der Waals surface area contributed by atoms with Crippen LogP contribution in [0.15, 0.2) is 0 Å². The summed E-state index contributed by atoms with van der Waals surface area (Å²) in [6.07, 6.45) is 0. The van der Waals surface area contributed by atoms with Crippen molar-refractivity contribution in [3.05, 3.63) is 0 Å². The lowest BCUT2D eigenvalue weighted by Crippen LogP contribution is -2.45. The Hall–Kier alpha value is -2.36. The monoisotopic (exact) mass is 464 g/mol. The molecule has 1 heterocycles. The van der Waals surface area contributed by atoms with Crippen LogP contribution < -0.4 is 0 Å². The Morgan fingerprint density at radius 3 is 1.28 bits per heavy atom. The van der Waals surface area contributed by atoms with Crippen molar-refractivity contribution < 1.29 is 49.1 Å². The fourth-order valence-corrected chi connectivity index (χ4v) is 3.03. The molecule has 4 N–H and O–H groups in total. The highest BCUT2D eigenvalue weighted by Gasteiger charge is 2.18. The molecular formula is C18H32N4O10. The summed E-state index contributed by atoms with van der Waals surface area (Å²) in [5.41, 5.74) is 0. The molecule has 1 fully saturated rings. The summed E-state index contributed by atoms with van der Waals surface area (Å²) in [4.78, 5) is 50.1. The van der Waals surface area contributed by atoms with Crippen molar-refractivity contribution in [1.82, 2.24) is 19.6 Å². The molecule has 32 heavy (non-hydrogen) atoms. The number of nitrogens with zero attached hydrogens (tertiary/aromatic N) is 4. The summed E-state index contributed by atoms with van der Waals surface area (Å²) in [7, 11) is 0. The Balaban J connectivity index is 2.53. The first-order valence-corrected chi connectivity index (χ1v) is 10.1. The molecule has 0 aromatic carbocycles. The zero-order valence-corrected chi connectivity index (χ0v) is 17.9. The highest BCUT2D eigenvalue weighted by Crippen LogP contribution is 2.00. The van der Waals surface area contributed by atoms with Gasteiger partial charge in [0, 0.05) is 39.3 Å². The van der Waals surface area contributed by atoms with E-state index in [1.165, 1.54) is 9.80 Å². The third-order valence-electron chi connectivity index (χ3n) is 4.55. The van der Waals surface area contributed by atoms with Crippen LogP contribution in [0.4, 0.5) is 0 Å². The molecule has 0 saturated carbocycles. The van der Waals surface area contributed by atoms with E-state index in [2.05, 4.69) is 0 Å². The van der Waals surface area contributed by atoms with Crippen LogP contribution in [0.1, 0.15) is 0 Å². The van der Waals surface area contributed by atoms with Crippen LogP contribution in [0.3, 0.4) is 0 Å². The van der Waals surface area contributed by atoms with Gasteiger partial charge in [0.2, 0.25) is 0 Å². The summed E-state index contributed by atoms with van der Waals surface area (Å²) in [6.45, 7) is 1.98. The standard InChI is InChI=1S/C18H32N4O10/c23-15(24)9-21(10-16(25)26)3-1-19-5-7-31-8-6-20(14-32-13-19)2-4-22(11-17(27)28)12-18(29)30/h1-14H2,(H,23,24)(H,25,26)(H,27,28)(H,29,30). The molecule has 14 heteroatoms. The van der Waals surface area contributed by atoms with Crippen LogP contribution in [-0.2, 0) is 28.7 Å². The van der Waals surface area contributed by atoms with E-state index in [1.807, 2.05) is 9.80 Å². The van der Waals surface area contributed by atoms with Crippen molar-refractivity contribution in [3.63, 3.8) is 0 Å². The first-order valence-electron chi connectivity index (χ1n) is 10.1. The Kier molecular flexibility index (Phi) is 13.4. The van der Waals surface area contributed by atoms with E-state index >= 15 is 0 Å². The predicted octanol–water partition coefficient (Wildman–Crippen LogP) is -2.51. The Morgan fingerprint density at radius 2 is 0.969 bits per heavy atom. The molecule has 0 atom stereocenters. The minimum Gasteiger partial charge on any atom is -0.480 e. The van der Waals surface area contributed by atoms with E-state index in [9.17, 15) is 19.2 Å². The van der Waals surface area contributed by atoms with Gasteiger partial charge in [-0.3, -0.25) is 38.8 Å². The molecule has 1 rings (SSSR count). The molecule has 0 unspecified atom stereocenters. The smallest absolute Gasteiger partial charge is 0.317 e. The molecule has 184 valence electrons.